The number of carboxylic acids is 1. The van der Waals surface area contributed by atoms with Crippen LogP contribution in [0.3, 0.4) is 0 Å². The third-order valence-corrected chi connectivity index (χ3v) is 10.8. The van der Waals surface area contributed by atoms with Crippen molar-refractivity contribution < 1.29 is 29.0 Å². The van der Waals surface area contributed by atoms with Crippen LogP contribution in [0.15, 0.2) is 95.9 Å². The van der Waals surface area contributed by atoms with Crippen molar-refractivity contribution in [3.63, 3.8) is 0 Å². The largest absolute Gasteiger partial charge is 0.478 e. The molecule has 0 saturated carbocycles. The van der Waals surface area contributed by atoms with E-state index in [1.165, 1.54) is 36.3 Å². The standard InChI is InChI=1S/C38H34N2O6S2/c1-46-38(45)32-27-18-7-2-3-8-21-30(27)48-36(32)40-35(42)33(24-12-5-4-6-13-24)47-26-17-11-16-25(22-26)39-34(41)28-19-9-14-23-15-10-20-29(31(23)28)37(43)44/h4-6,9-17,19-20,22,33H,2-3,7-8,18,21H2,1H3,(H,39,41)(H,40,42)(H,43,44). The Bertz CT molecular complexity index is 2000. The summed E-state index contributed by atoms with van der Waals surface area (Å²) in [5.74, 6) is -2.29. The molecule has 244 valence electrons. The van der Waals surface area contributed by atoms with Gasteiger partial charge in [0.05, 0.1) is 18.2 Å². The number of methoxy groups -OCH3 is 1. The van der Waals surface area contributed by atoms with Crippen molar-refractivity contribution in [3.05, 3.63) is 124 Å². The van der Waals surface area contributed by atoms with Crippen LogP contribution in [-0.4, -0.2) is 36.0 Å². The fraction of sp³-hybridized carbons (Fsp3) is 0.211. The predicted octanol–water partition coefficient (Wildman–Crippen LogP) is 8.77. The lowest BCUT2D eigenvalue weighted by Crippen LogP contribution is -2.20. The van der Waals surface area contributed by atoms with Crippen LogP contribution in [0.4, 0.5) is 10.7 Å². The van der Waals surface area contributed by atoms with Crippen LogP contribution >= 0.6 is 23.1 Å². The molecule has 1 unspecified atom stereocenters. The number of thioether (sulfide) groups is 1. The molecular formula is C38H34N2O6S2. The summed E-state index contributed by atoms with van der Waals surface area (Å²) >= 11 is 2.78. The molecule has 1 aromatic heterocycles. The van der Waals surface area contributed by atoms with Crippen molar-refractivity contribution in [2.24, 2.45) is 0 Å². The van der Waals surface area contributed by atoms with E-state index >= 15 is 0 Å². The average Bonchev–Trinajstić information content (AvgIpc) is 3.41. The van der Waals surface area contributed by atoms with E-state index in [1.54, 1.807) is 48.5 Å². The van der Waals surface area contributed by atoms with Crippen molar-refractivity contribution in [2.45, 2.75) is 48.7 Å². The molecule has 1 atom stereocenters. The zero-order valence-electron chi connectivity index (χ0n) is 26.3. The number of ether oxygens (including phenoxy) is 1. The molecule has 1 aliphatic rings. The number of carbonyl (C=O) groups is 4. The predicted molar refractivity (Wildman–Crippen MR) is 191 cm³/mol. The van der Waals surface area contributed by atoms with Gasteiger partial charge >= 0.3 is 11.9 Å². The number of nitrogens with one attached hydrogen (secondary N) is 2. The fourth-order valence-corrected chi connectivity index (χ4v) is 8.46. The van der Waals surface area contributed by atoms with Gasteiger partial charge in [0.2, 0.25) is 5.91 Å². The van der Waals surface area contributed by atoms with Crippen molar-refractivity contribution in [1.82, 2.24) is 0 Å². The Hall–Kier alpha value is -4.93. The van der Waals surface area contributed by atoms with Gasteiger partial charge in [-0.1, -0.05) is 73.5 Å². The first-order valence-electron chi connectivity index (χ1n) is 15.8. The number of hydrogen-bond acceptors (Lipinski definition) is 7. The molecular weight excluding hydrogens is 645 g/mol. The Kier molecular flexibility index (Phi) is 10.2. The summed E-state index contributed by atoms with van der Waals surface area (Å²) in [6, 6.07) is 26.6. The summed E-state index contributed by atoms with van der Waals surface area (Å²) in [6.07, 6.45) is 5.92. The van der Waals surface area contributed by atoms with Gasteiger partial charge in [-0.15, -0.1) is 23.1 Å². The Balaban J connectivity index is 1.28. The Morgan fingerprint density at radius 2 is 1.52 bits per heavy atom. The van der Waals surface area contributed by atoms with Crippen LogP contribution in [0, 0.1) is 0 Å². The van der Waals surface area contributed by atoms with Crippen molar-refractivity contribution in [3.8, 4) is 0 Å². The number of benzene rings is 4. The van der Waals surface area contributed by atoms with E-state index in [2.05, 4.69) is 10.6 Å². The normalized spacial score (nSPS) is 13.4. The molecule has 5 aromatic rings. The van der Waals surface area contributed by atoms with Gasteiger partial charge < -0.3 is 20.5 Å². The lowest BCUT2D eigenvalue weighted by Gasteiger charge is -2.18. The second-order valence-corrected chi connectivity index (χ2v) is 13.8. The fourth-order valence-electron chi connectivity index (χ4n) is 6.09. The van der Waals surface area contributed by atoms with E-state index < -0.39 is 23.1 Å². The van der Waals surface area contributed by atoms with Gasteiger partial charge in [-0.25, -0.2) is 9.59 Å². The summed E-state index contributed by atoms with van der Waals surface area (Å²) in [5.41, 5.74) is 3.00. The minimum Gasteiger partial charge on any atom is -0.478 e. The van der Waals surface area contributed by atoms with Gasteiger partial charge in [-0.2, -0.15) is 0 Å². The van der Waals surface area contributed by atoms with E-state index in [4.69, 9.17) is 4.74 Å². The minimum absolute atomic E-state index is 0.0485. The molecule has 8 nitrogen and oxygen atoms in total. The molecule has 0 spiro atoms. The first-order chi connectivity index (χ1) is 23.3. The van der Waals surface area contributed by atoms with E-state index in [-0.39, 0.29) is 17.0 Å². The molecule has 48 heavy (non-hydrogen) atoms. The molecule has 6 rings (SSSR count). The molecule has 0 aliphatic heterocycles. The molecule has 1 aliphatic carbocycles. The van der Waals surface area contributed by atoms with Crippen LogP contribution in [-0.2, 0) is 22.4 Å². The van der Waals surface area contributed by atoms with Crippen LogP contribution in [0.2, 0.25) is 0 Å². The number of anilines is 2. The molecule has 0 bridgehead atoms. The number of hydrogen-bond donors (Lipinski definition) is 3. The second-order valence-electron chi connectivity index (χ2n) is 11.5. The maximum Gasteiger partial charge on any atom is 0.341 e. The minimum atomic E-state index is -1.11. The second kappa shape index (κ2) is 14.9. The third kappa shape index (κ3) is 7.14. The number of rotatable bonds is 9. The number of carbonyl (C=O) groups excluding carboxylic acids is 3. The number of carboxylic acid groups (broad SMARTS) is 1. The van der Waals surface area contributed by atoms with E-state index in [9.17, 15) is 24.3 Å². The van der Waals surface area contributed by atoms with Crippen LogP contribution in [0.25, 0.3) is 10.8 Å². The van der Waals surface area contributed by atoms with E-state index in [0.29, 0.717) is 27.0 Å². The van der Waals surface area contributed by atoms with Crippen LogP contribution < -0.4 is 10.6 Å². The molecule has 0 radical (unpaired) electrons. The zero-order chi connectivity index (χ0) is 33.6. The molecule has 2 amide bonds. The topological polar surface area (TPSA) is 122 Å². The quantitative estimate of drug-likeness (QED) is 0.105. The summed E-state index contributed by atoms with van der Waals surface area (Å²) in [7, 11) is 1.36. The summed E-state index contributed by atoms with van der Waals surface area (Å²) < 4.78 is 5.16. The number of aryl methyl sites for hydroxylation is 1. The highest BCUT2D eigenvalue weighted by molar-refractivity contribution is 8.00. The van der Waals surface area contributed by atoms with Gasteiger partial charge in [0, 0.05) is 26.4 Å². The van der Waals surface area contributed by atoms with E-state index in [0.717, 1.165) is 59.4 Å². The zero-order valence-corrected chi connectivity index (χ0v) is 27.9. The van der Waals surface area contributed by atoms with Gasteiger partial charge in [-0.3, -0.25) is 9.59 Å². The maximum atomic E-state index is 14.1. The van der Waals surface area contributed by atoms with Gasteiger partial charge in [0.25, 0.3) is 5.91 Å². The van der Waals surface area contributed by atoms with Crippen LogP contribution in [0.5, 0.6) is 0 Å². The first-order valence-corrected chi connectivity index (χ1v) is 17.5. The molecule has 3 N–H and O–H groups in total. The van der Waals surface area contributed by atoms with Gasteiger partial charge in [-0.05, 0) is 72.5 Å². The van der Waals surface area contributed by atoms with Crippen LogP contribution in [0.1, 0.15) is 78.0 Å². The number of aromatic carboxylic acids is 1. The molecule has 0 fully saturated rings. The summed E-state index contributed by atoms with van der Waals surface area (Å²) in [6.45, 7) is 0. The molecule has 1 heterocycles. The highest BCUT2D eigenvalue weighted by Gasteiger charge is 2.29. The summed E-state index contributed by atoms with van der Waals surface area (Å²) in [5, 5.41) is 16.6. The number of thiophene rings is 1. The van der Waals surface area contributed by atoms with Crippen molar-refractivity contribution in [2.75, 3.05) is 17.7 Å². The SMILES string of the molecule is COC(=O)c1c(NC(=O)C(Sc2cccc(NC(=O)c3cccc4cccc(C(=O)O)c34)c2)c2ccccc2)sc2c1CCCCCC2. The number of amides is 2. The summed E-state index contributed by atoms with van der Waals surface area (Å²) in [4.78, 5) is 54.4. The highest BCUT2D eigenvalue weighted by atomic mass is 32.2. The third-order valence-electron chi connectivity index (χ3n) is 8.36. The average molecular weight is 679 g/mol. The number of fused-ring (bicyclic) bond motifs is 2. The maximum absolute atomic E-state index is 14.1. The molecule has 4 aromatic carbocycles. The molecule has 10 heteroatoms. The van der Waals surface area contributed by atoms with Crippen molar-refractivity contribution in [1.29, 1.82) is 0 Å². The first kappa shape index (κ1) is 33.0. The van der Waals surface area contributed by atoms with Gasteiger partial charge in [0.15, 0.2) is 0 Å². The lowest BCUT2D eigenvalue weighted by molar-refractivity contribution is -0.115. The monoisotopic (exact) mass is 678 g/mol. The van der Waals surface area contributed by atoms with E-state index in [1.807, 2.05) is 36.4 Å². The molecule has 0 saturated heterocycles. The Morgan fingerprint density at radius 3 is 2.25 bits per heavy atom. The Labute approximate surface area is 286 Å². The van der Waals surface area contributed by atoms with Crippen molar-refractivity contribution >= 4 is 68.3 Å². The Morgan fingerprint density at radius 1 is 0.812 bits per heavy atom. The highest BCUT2D eigenvalue weighted by Crippen LogP contribution is 2.41. The van der Waals surface area contributed by atoms with Gasteiger partial charge in [0.1, 0.15) is 10.3 Å². The lowest BCUT2D eigenvalue weighted by atomic mass is 9.96. The number of esters is 1. The smallest absolute Gasteiger partial charge is 0.341 e.